The highest BCUT2D eigenvalue weighted by Crippen LogP contribution is 2.50. The first-order valence-electron chi connectivity index (χ1n) is 8.67. The first-order chi connectivity index (χ1) is 11.7. The van der Waals surface area contributed by atoms with Crippen molar-refractivity contribution >= 4 is 17.5 Å². The Labute approximate surface area is 146 Å². The molecule has 0 radical (unpaired) electrons. The second-order valence-electron chi connectivity index (χ2n) is 6.93. The Morgan fingerprint density at radius 3 is 2.24 bits per heavy atom. The maximum Gasteiger partial charge on any atom is 0.274 e. The van der Waals surface area contributed by atoms with E-state index in [1.54, 1.807) is 0 Å². The van der Waals surface area contributed by atoms with E-state index in [9.17, 15) is 19.7 Å². The van der Waals surface area contributed by atoms with Gasteiger partial charge in [0.2, 0.25) is 11.8 Å². The van der Waals surface area contributed by atoms with Gasteiger partial charge >= 0.3 is 0 Å². The van der Waals surface area contributed by atoms with Crippen LogP contribution in [0.25, 0.3) is 0 Å². The second kappa shape index (κ2) is 7.21. The van der Waals surface area contributed by atoms with Crippen LogP contribution in [0.5, 0.6) is 0 Å². The van der Waals surface area contributed by atoms with Crippen LogP contribution in [0.2, 0.25) is 0 Å². The van der Waals surface area contributed by atoms with Crippen LogP contribution in [-0.4, -0.2) is 16.7 Å². The van der Waals surface area contributed by atoms with Crippen molar-refractivity contribution in [3.63, 3.8) is 0 Å². The standard InChI is InChI=1S/C18H25N3O4/c1-3-11(2)18(7-5-4-6-8-18)15-13(17(20)23)9-12(16(19)22)10-14(15)21(24)25/h9-11H,3-8H2,1-2H3,(H2,19,22)(H2,20,23). The van der Waals surface area contributed by atoms with Gasteiger partial charge in [0.25, 0.3) is 5.69 Å². The molecular weight excluding hydrogens is 322 g/mol. The lowest BCUT2D eigenvalue weighted by Crippen LogP contribution is -2.39. The number of carbonyl (C=O) groups excluding carboxylic acids is 2. The number of nitrogens with zero attached hydrogens (tertiary/aromatic N) is 1. The van der Waals surface area contributed by atoms with Gasteiger partial charge in [0.15, 0.2) is 0 Å². The summed E-state index contributed by atoms with van der Waals surface area (Å²) >= 11 is 0. The minimum Gasteiger partial charge on any atom is -0.366 e. The third kappa shape index (κ3) is 3.36. The number of nitro groups is 1. The van der Waals surface area contributed by atoms with Crippen molar-refractivity contribution in [2.75, 3.05) is 0 Å². The van der Waals surface area contributed by atoms with Crippen molar-refractivity contribution in [1.82, 2.24) is 0 Å². The quantitative estimate of drug-likeness (QED) is 0.605. The van der Waals surface area contributed by atoms with E-state index in [2.05, 4.69) is 6.92 Å². The Hall–Kier alpha value is -2.44. The maximum atomic E-state index is 12.1. The molecule has 0 heterocycles. The largest absolute Gasteiger partial charge is 0.366 e. The van der Waals surface area contributed by atoms with Gasteiger partial charge in [-0.05, 0) is 24.8 Å². The minimum atomic E-state index is -0.821. The van der Waals surface area contributed by atoms with Gasteiger partial charge in [0.1, 0.15) is 0 Å². The Morgan fingerprint density at radius 2 is 1.80 bits per heavy atom. The Kier molecular flexibility index (Phi) is 5.45. The SMILES string of the molecule is CCC(C)C1(c2c(C(N)=O)cc(C(N)=O)cc2[N+](=O)[O-])CCCCC1. The van der Waals surface area contributed by atoms with Crippen molar-refractivity contribution in [1.29, 1.82) is 0 Å². The van der Waals surface area contributed by atoms with Gasteiger partial charge < -0.3 is 11.5 Å². The zero-order valence-corrected chi connectivity index (χ0v) is 14.7. The minimum absolute atomic E-state index is 0.0465. The highest BCUT2D eigenvalue weighted by molar-refractivity contribution is 6.01. The summed E-state index contributed by atoms with van der Waals surface area (Å²) in [5.74, 6) is -1.45. The summed E-state index contributed by atoms with van der Waals surface area (Å²) in [6.45, 7) is 4.09. The van der Waals surface area contributed by atoms with E-state index in [1.807, 2.05) is 6.92 Å². The Morgan fingerprint density at radius 1 is 1.20 bits per heavy atom. The van der Waals surface area contributed by atoms with Crippen LogP contribution in [0.15, 0.2) is 12.1 Å². The number of benzene rings is 1. The fraction of sp³-hybridized carbons (Fsp3) is 0.556. The lowest BCUT2D eigenvalue weighted by molar-refractivity contribution is -0.386. The molecule has 1 unspecified atom stereocenters. The molecule has 0 aromatic heterocycles. The van der Waals surface area contributed by atoms with E-state index in [1.165, 1.54) is 12.1 Å². The van der Waals surface area contributed by atoms with E-state index in [4.69, 9.17) is 11.5 Å². The number of primary amides is 2. The predicted octanol–water partition coefficient (Wildman–Crippen LogP) is 3.04. The molecule has 7 nitrogen and oxygen atoms in total. The molecule has 1 aliphatic rings. The Bertz CT molecular complexity index is 673. The molecule has 1 aliphatic carbocycles. The van der Waals surface area contributed by atoms with Crippen LogP contribution in [0.1, 0.15) is 78.7 Å². The van der Waals surface area contributed by atoms with Crippen molar-refractivity contribution in [2.45, 2.75) is 57.8 Å². The van der Waals surface area contributed by atoms with Gasteiger partial charge in [-0.2, -0.15) is 0 Å². The van der Waals surface area contributed by atoms with Gasteiger partial charge in [0, 0.05) is 22.6 Å². The van der Waals surface area contributed by atoms with Crippen molar-refractivity contribution in [3.05, 3.63) is 38.9 Å². The number of carbonyl (C=O) groups is 2. The summed E-state index contributed by atoms with van der Waals surface area (Å²) in [7, 11) is 0. The fourth-order valence-corrected chi connectivity index (χ4v) is 4.19. The van der Waals surface area contributed by atoms with Crippen LogP contribution >= 0.6 is 0 Å². The first kappa shape index (κ1) is 18.9. The molecule has 1 aromatic carbocycles. The molecule has 1 fully saturated rings. The zero-order valence-electron chi connectivity index (χ0n) is 14.7. The molecule has 0 saturated heterocycles. The molecule has 2 rings (SSSR count). The summed E-state index contributed by atoms with van der Waals surface area (Å²) in [5, 5.41) is 11.8. The molecule has 0 aliphatic heterocycles. The molecule has 1 aromatic rings. The van der Waals surface area contributed by atoms with Gasteiger partial charge in [-0.1, -0.05) is 39.5 Å². The van der Waals surface area contributed by atoms with Crippen LogP contribution in [-0.2, 0) is 5.41 Å². The van der Waals surface area contributed by atoms with Crippen molar-refractivity contribution in [2.24, 2.45) is 17.4 Å². The molecule has 0 spiro atoms. The summed E-state index contributed by atoms with van der Waals surface area (Å²) < 4.78 is 0. The smallest absolute Gasteiger partial charge is 0.274 e. The first-order valence-corrected chi connectivity index (χ1v) is 8.67. The number of nitro benzene ring substituents is 1. The lowest BCUT2D eigenvalue weighted by Gasteiger charge is -2.43. The normalized spacial score (nSPS) is 17.7. The highest BCUT2D eigenvalue weighted by atomic mass is 16.6. The Balaban J connectivity index is 2.86. The van der Waals surface area contributed by atoms with Crippen molar-refractivity contribution in [3.8, 4) is 0 Å². The summed E-state index contributed by atoms with van der Waals surface area (Å²) in [4.78, 5) is 34.9. The molecule has 1 saturated carbocycles. The number of rotatable bonds is 6. The number of hydrogen-bond acceptors (Lipinski definition) is 4. The van der Waals surface area contributed by atoms with E-state index in [-0.39, 0.29) is 22.7 Å². The number of nitrogens with two attached hydrogens (primary N) is 2. The average molecular weight is 347 g/mol. The summed E-state index contributed by atoms with van der Waals surface area (Å²) in [5.41, 5.74) is 10.5. The molecule has 2 amide bonds. The molecule has 0 bridgehead atoms. The maximum absolute atomic E-state index is 12.1. The fourth-order valence-electron chi connectivity index (χ4n) is 4.19. The third-order valence-electron chi connectivity index (χ3n) is 5.66. The zero-order chi connectivity index (χ0) is 18.8. The molecule has 25 heavy (non-hydrogen) atoms. The summed E-state index contributed by atoms with van der Waals surface area (Å²) in [6.07, 6.45) is 5.30. The van der Waals surface area contributed by atoms with Gasteiger partial charge in [-0.25, -0.2) is 0 Å². The highest BCUT2D eigenvalue weighted by Gasteiger charge is 2.45. The second-order valence-corrected chi connectivity index (χ2v) is 6.93. The molecule has 7 heteroatoms. The third-order valence-corrected chi connectivity index (χ3v) is 5.66. The van der Waals surface area contributed by atoms with Crippen LogP contribution in [0.3, 0.4) is 0 Å². The molecule has 4 N–H and O–H groups in total. The van der Waals surface area contributed by atoms with Crippen LogP contribution in [0, 0.1) is 16.0 Å². The monoisotopic (exact) mass is 347 g/mol. The topological polar surface area (TPSA) is 129 Å². The number of amides is 2. The van der Waals surface area contributed by atoms with E-state index in [0.29, 0.717) is 5.56 Å². The van der Waals surface area contributed by atoms with E-state index in [0.717, 1.165) is 38.5 Å². The molecule has 136 valence electrons. The van der Waals surface area contributed by atoms with Crippen molar-refractivity contribution < 1.29 is 14.5 Å². The van der Waals surface area contributed by atoms with E-state index >= 15 is 0 Å². The van der Waals surface area contributed by atoms with E-state index < -0.39 is 22.2 Å². The average Bonchev–Trinajstić information content (AvgIpc) is 2.60. The van der Waals surface area contributed by atoms with Gasteiger partial charge in [0.05, 0.1) is 10.5 Å². The number of hydrogen-bond donors (Lipinski definition) is 2. The lowest BCUT2D eigenvalue weighted by atomic mass is 9.60. The predicted molar refractivity (Wildman–Crippen MR) is 94.4 cm³/mol. The van der Waals surface area contributed by atoms with Crippen LogP contribution < -0.4 is 11.5 Å². The molecule has 1 atom stereocenters. The van der Waals surface area contributed by atoms with Crippen LogP contribution in [0.4, 0.5) is 5.69 Å². The van der Waals surface area contributed by atoms with Gasteiger partial charge in [-0.3, -0.25) is 19.7 Å². The molecular formula is C18H25N3O4. The summed E-state index contributed by atoms with van der Waals surface area (Å²) in [6, 6.07) is 2.49. The van der Waals surface area contributed by atoms with Gasteiger partial charge in [-0.15, -0.1) is 0 Å².